The van der Waals surface area contributed by atoms with Crippen molar-refractivity contribution in [2.75, 3.05) is 57.8 Å². The van der Waals surface area contributed by atoms with Crippen molar-refractivity contribution in [3.8, 4) is 5.75 Å². The zero-order valence-corrected chi connectivity index (χ0v) is 19.6. The van der Waals surface area contributed by atoms with Gasteiger partial charge in [-0.3, -0.25) is 9.80 Å². The molecule has 0 amide bonds. The number of nitrogens with zero attached hydrogens (tertiary/aromatic N) is 3. The molecular weight excluding hydrogens is 406 g/mol. The first kappa shape index (κ1) is 22.0. The van der Waals surface area contributed by atoms with Gasteiger partial charge in [0.2, 0.25) is 0 Å². The average molecular weight is 442 g/mol. The van der Waals surface area contributed by atoms with Crippen LogP contribution in [0.5, 0.6) is 5.75 Å². The molecule has 2 aliphatic rings. The summed E-state index contributed by atoms with van der Waals surface area (Å²) >= 11 is 0. The zero-order chi connectivity index (χ0) is 22.5. The van der Waals surface area contributed by atoms with Crippen molar-refractivity contribution in [2.45, 2.75) is 12.5 Å². The van der Waals surface area contributed by atoms with E-state index in [1.54, 1.807) is 7.11 Å². The van der Waals surface area contributed by atoms with Gasteiger partial charge in [-0.15, -0.1) is 0 Å². The molecule has 2 fully saturated rings. The van der Waals surface area contributed by atoms with E-state index in [9.17, 15) is 0 Å². The Morgan fingerprint density at radius 1 is 0.758 bits per heavy atom. The molecule has 3 aromatic carbocycles. The summed E-state index contributed by atoms with van der Waals surface area (Å²) in [6, 6.07) is 30.5. The maximum absolute atomic E-state index is 5.55. The second kappa shape index (κ2) is 10.4. The van der Waals surface area contributed by atoms with Crippen molar-refractivity contribution in [1.82, 2.24) is 9.80 Å². The molecule has 2 saturated heterocycles. The molecule has 0 bridgehead atoms. The first-order valence-corrected chi connectivity index (χ1v) is 12.2. The Balaban J connectivity index is 1.27. The summed E-state index contributed by atoms with van der Waals surface area (Å²) in [7, 11) is 1.76. The average Bonchev–Trinajstić information content (AvgIpc) is 3.27. The van der Waals surface area contributed by atoms with Gasteiger partial charge in [-0.05, 0) is 41.3 Å². The third kappa shape index (κ3) is 5.40. The fourth-order valence-corrected chi connectivity index (χ4v) is 5.53. The van der Waals surface area contributed by atoms with Crippen LogP contribution < -0.4 is 9.64 Å². The molecule has 33 heavy (non-hydrogen) atoms. The molecule has 4 heteroatoms. The zero-order valence-electron chi connectivity index (χ0n) is 19.6. The van der Waals surface area contributed by atoms with Crippen LogP contribution in [0.25, 0.3) is 0 Å². The van der Waals surface area contributed by atoms with Crippen LogP contribution in [-0.4, -0.2) is 62.7 Å². The minimum absolute atomic E-state index is 0.538. The summed E-state index contributed by atoms with van der Waals surface area (Å²) in [4.78, 5) is 7.85. The fourth-order valence-electron chi connectivity index (χ4n) is 5.53. The molecule has 0 aliphatic carbocycles. The second-order valence-electron chi connectivity index (χ2n) is 9.45. The van der Waals surface area contributed by atoms with E-state index in [2.05, 4.69) is 99.6 Å². The monoisotopic (exact) mass is 441 g/mol. The molecule has 172 valence electrons. The van der Waals surface area contributed by atoms with Gasteiger partial charge in [0.25, 0.3) is 0 Å². The summed E-state index contributed by atoms with van der Waals surface area (Å²) in [5.41, 5.74) is 4.16. The second-order valence-corrected chi connectivity index (χ2v) is 9.45. The Bertz CT molecular complexity index is 1000. The maximum atomic E-state index is 5.55. The normalized spacial score (nSPS) is 21.9. The van der Waals surface area contributed by atoms with Crippen molar-refractivity contribution in [3.63, 3.8) is 0 Å². The molecular formula is C29H35N3O. The van der Waals surface area contributed by atoms with Gasteiger partial charge < -0.3 is 9.64 Å². The van der Waals surface area contributed by atoms with Crippen LogP contribution in [0.4, 0.5) is 5.69 Å². The van der Waals surface area contributed by atoms with Gasteiger partial charge in [-0.1, -0.05) is 60.7 Å². The lowest BCUT2D eigenvalue weighted by molar-refractivity contribution is 0.209. The molecule has 4 nitrogen and oxygen atoms in total. The minimum Gasteiger partial charge on any atom is -0.497 e. The molecule has 0 N–H and O–H groups in total. The van der Waals surface area contributed by atoms with Crippen molar-refractivity contribution in [1.29, 1.82) is 0 Å². The van der Waals surface area contributed by atoms with Crippen LogP contribution >= 0.6 is 0 Å². The van der Waals surface area contributed by atoms with Crippen LogP contribution in [0.2, 0.25) is 0 Å². The number of benzene rings is 3. The number of para-hydroxylation sites is 1. The van der Waals surface area contributed by atoms with Crippen LogP contribution in [0.1, 0.15) is 17.0 Å². The first-order chi connectivity index (χ1) is 16.3. The van der Waals surface area contributed by atoms with Gasteiger partial charge in [0, 0.05) is 64.0 Å². The highest BCUT2D eigenvalue weighted by Crippen LogP contribution is 2.35. The Hall–Kier alpha value is -2.82. The van der Waals surface area contributed by atoms with Gasteiger partial charge >= 0.3 is 0 Å². The first-order valence-electron chi connectivity index (χ1n) is 12.2. The number of methoxy groups -OCH3 is 1. The van der Waals surface area contributed by atoms with Crippen molar-refractivity contribution < 1.29 is 4.74 Å². The molecule has 2 atom stereocenters. The van der Waals surface area contributed by atoms with Gasteiger partial charge in [0.1, 0.15) is 5.75 Å². The van der Waals surface area contributed by atoms with E-state index in [-0.39, 0.29) is 0 Å². The van der Waals surface area contributed by atoms with E-state index < -0.39 is 0 Å². The molecule has 0 saturated carbocycles. The summed E-state index contributed by atoms with van der Waals surface area (Å²) in [6.45, 7) is 8.92. The van der Waals surface area contributed by atoms with Crippen molar-refractivity contribution in [3.05, 3.63) is 96.1 Å². The highest BCUT2D eigenvalue weighted by molar-refractivity contribution is 5.46. The number of hydrogen-bond donors (Lipinski definition) is 0. The third-order valence-electron chi connectivity index (χ3n) is 7.27. The number of rotatable bonds is 7. The SMILES string of the molecule is COc1cccc(C2CN(Cc3ccccc3)CC2CN2CCN(c3ccccc3)CC2)c1. The number of likely N-dealkylation sites (tertiary alicyclic amines) is 1. The number of ether oxygens (including phenoxy) is 1. The van der Waals surface area contributed by atoms with Gasteiger partial charge in [0.05, 0.1) is 7.11 Å². The molecule has 2 heterocycles. The Labute approximate surface area is 198 Å². The summed E-state index contributed by atoms with van der Waals surface area (Å²) in [6.07, 6.45) is 0. The smallest absolute Gasteiger partial charge is 0.119 e. The Morgan fingerprint density at radius 3 is 2.21 bits per heavy atom. The molecule has 0 aromatic heterocycles. The molecule has 2 aliphatic heterocycles. The van der Waals surface area contributed by atoms with Crippen molar-refractivity contribution in [2.24, 2.45) is 5.92 Å². The standard InChI is InChI=1S/C29H35N3O/c1-33-28-14-8-11-25(19-28)29-23-31(20-24-9-4-2-5-10-24)22-26(29)21-30-15-17-32(18-16-30)27-12-6-3-7-13-27/h2-14,19,26,29H,15-18,20-23H2,1H3. The van der Waals surface area contributed by atoms with Crippen LogP contribution in [-0.2, 0) is 6.54 Å². The lowest BCUT2D eigenvalue weighted by Crippen LogP contribution is -2.48. The molecule has 5 rings (SSSR count). The fraction of sp³-hybridized carbons (Fsp3) is 0.379. The van der Waals surface area contributed by atoms with Gasteiger partial charge in [0.15, 0.2) is 0 Å². The molecule has 0 spiro atoms. The highest BCUT2D eigenvalue weighted by Gasteiger charge is 2.35. The maximum Gasteiger partial charge on any atom is 0.119 e. The summed E-state index contributed by atoms with van der Waals surface area (Å²) in [5.74, 6) is 2.13. The summed E-state index contributed by atoms with van der Waals surface area (Å²) in [5, 5.41) is 0. The van der Waals surface area contributed by atoms with Crippen LogP contribution in [0, 0.1) is 5.92 Å². The van der Waals surface area contributed by atoms with E-state index in [0.29, 0.717) is 11.8 Å². The Kier molecular flexibility index (Phi) is 6.94. The van der Waals surface area contributed by atoms with E-state index in [1.165, 1.54) is 16.8 Å². The van der Waals surface area contributed by atoms with E-state index in [1.807, 2.05) is 0 Å². The third-order valence-corrected chi connectivity index (χ3v) is 7.27. The predicted molar refractivity (Wildman–Crippen MR) is 136 cm³/mol. The van der Waals surface area contributed by atoms with Crippen LogP contribution in [0.15, 0.2) is 84.9 Å². The number of anilines is 1. The summed E-state index contributed by atoms with van der Waals surface area (Å²) < 4.78 is 5.55. The highest BCUT2D eigenvalue weighted by atomic mass is 16.5. The van der Waals surface area contributed by atoms with E-state index in [0.717, 1.165) is 58.1 Å². The quantitative estimate of drug-likeness (QED) is 0.527. The molecule has 3 aromatic rings. The lowest BCUT2D eigenvalue weighted by Gasteiger charge is -2.38. The molecule has 2 unspecified atom stereocenters. The number of hydrogen-bond acceptors (Lipinski definition) is 4. The topological polar surface area (TPSA) is 19.0 Å². The Morgan fingerprint density at radius 2 is 1.48 bits per heavy atom. The predicted octanol–water partition coefficient (Wildman–Crippen LogP) is 4.73. The largest absolute Gasteiger partial charge is 0.497 e. The van der Waals surface area contributed by atoms with E-state index in [4.69, 9.17) is 4.74 Å². The minimum atomic E-state index is 0.538. The van der Waals surface area contributed by atoms with Crippen LogP contribution in [0.3, 0.4) is 0 Å². The molecule has 0 radical (unpaired) electrons. The number of piperazine rings is 1. The van der Waals surface area contributed by atoms with Crippen molar-refractivity contribution >= 4 is 5.69 Å². The van der Waals surface area contributed by atoms with E-state index >= 15 is 0 Å². The van der Waals surface area contributed by atoms with Gasteiger partial charge in [-0.2, -0.15) is 0 Å². The van der Waals surface area contributed by atoms with Gasteiger partial charge in [-0.25, -0.2) is 0 Å². The lowest BCUT2D eigenvalue weighted by atomic mass is 9.88.